The number of Topliss-reactive ketones (excluding diaryl/α,β-unsaturated/α-hetero) is 2. The summed E-state index contributed by atoms with van der Waals surface area (Å²) >= 11 is 0. The molecule has 1 fully saturated rings. The van der Waals surface area contributed by atoms with Gasteiger partial charge in [0.05, 0.1) is 18.1 Å². The molecule has 0 N–H and O–H groups in total. The minimum absolute atomic E-state index is 0.0850. The predicted molar refractivity (Wildman–Crippen MR) is 80.9 cm³/mol. The maximum absolute atomic E-state index is 12.4. The summed E-state index contributed by atoms with van der Waals surface area (Å²) in [7, 11) is 0. The van der Waals surface area contributed by atoms with Gasteiger partial charge in [-0.25, -0.2) is 0 Å². The molecule has 2 rings (SSSR count). The third-order valence-corrected chi connectivity index (χ3v) is 4.64. The standard InChI is InChI=1S/C18H18N2O2/c1-12-5-6-14(8-13(12)2)16(21)9-15(10-19)18(11-20)7-3-4-17(18)22/h5-6,8,15H,3-4,7,9H2,1-2H3/t15-,18-/m1/s1. The van der Waals surface area contributed by atoms with Crippen LogP contribution in [-0.4, -0.2) is 11.6 Å². The number of nitrogens with zero attached hydrogens (tertiary/aromatic N) is 2. The Kier molecular flexibility index (Phi) is 4.43. The normalized spacial score (nSPS) is 21.9. The quantitative estimate of drug-likeness (QED) is 0.798. The van der Waals surface area contributed by atoms with E-state index in [1.54, 1.807) is 12.1 Å². The number of benzene rings is 1. The van der Waals surface area contributed by atoms with Crippen molar-refractivity contribution in [1.82, 2.24) is 0 Å². The number of carbonyl (C=O) groups excluding carboxylic acids is 2. The summed E-state index contributed by atoms with van der Waals surface area (Å²) in [5, 5.41) is 18.8. The van der Waals surface area contributed by atoms with Gasteiger partial charge in [0.2, 0.25) is 0 Å². The van der Waals surface area contributed by atoms with Crippen LogP contribution in [0.5, 0.6) is 0 Å². The molecule has 0 amide bonds. The fraction of sp³-hybridized carbons (Fsp3) is 0.444. The molecule has 0 aliphatic heterocycles. The van der Waals surface area contributed by atoms with E-state index >= 15 is 0 Å². The van der Waals surface area contributed by atoms with Gasteiger partial charge in [-0.1, -0.05) is 12.1 Å². The van der Waals surface area contributed by atoms with Gasteiger partial charge in [-0.3, -0.25) is 9.59 Å². The molecule has 0 aromatic heterocycles. The van der Waals surface area contributed by atoms with Crippen molar-refractivity contribution >= 4 is 11.6 Å². The van der Waals surface area contributed by atoms with Crippen molar-refractivity contribution in [3.8, 4) is 12.1 Å². The van der Waals surface area contributed by atoms with Crippen LogP contribution in [0, 0.1) is 47.8 Å². The van der Waals surface area contributed by atoms with Gasteiger partial charge in [0.25, 0.3) is 0 Å². The van der Waals surface area contributed by atoms with Gasteiger partial charge in [-0.15, -0.1) is 0 Å². The summed E-state index contributed by atoms with van der Waals surface area (Å²) in [4.78, 5) is 24.5. The van der Waals surface area contributed by atoms with Gasteiger partial charge in [-0.2, -0.15) is 10.5 Å². The predicted octanol–water partition coefficient (Wildman–Crippen LogP) is 3.28. The Morgan fingerprint density at radius 1 is 1.32 bits per heavy atom. The second-order valence-corrected chi connectivity index (χ2v) is 5.97. The average molecular weight is 294 g/mol. The highest BCUT2D eigenvalue weighted by atomic mass is 16.1. The summed E-state index contributed by atoms with van der Waals surface area (Å²) in [5.41, 5.74) is 1.32. The van der Waals surface area contributed by atoms with E-state index in [9.17, 15) is 20.1 Å². The van der Waals surface area contributed by atoms with Crippen molar-refractivity contribution in [2.45, 2.75) is 39.5 Å². The zero-order chi connectivity index (χ0) is 16.3. The molecule has 4 heteroatoms. The van der Waals surface area contributed by atoms with Crippen molar-refractivity contribution in [3.63, 3.8) is 0 Å². The molecule has 0 unspecified atom stereocenters. The lowest BCUT2D eigenvalue weighted by atomic mass is 9.72. The van der Waals surface area contributed by atoms with Crippen molar-refractivity contribution in [3.05, 3.63) is 34.9 Å². The van der Waals surface area contributed by atoms with Gasteiger partial charge in [0.1, 0.15) is 5.41 Å². The van der Waals surface area contributed by atoms with E-state index in [0.29, 0.717) is 24.8 Å². The number of nitriles is 2. The monoisotopic (exact) mass is 294 g/mol. The Bertz CT molecular complexity index is 709. The Morgan fingerprint density at radius 2 is 2.05 bits per heavy atom. The zero-order valence-electron chi connectivity index (χ0n) is 12.8. The minimum atomic E-state index is -1.30. The third-order valence-electron chi connectivity index (χ3n) is 4.64. The molecule has 0 saturated heterocycles. The van der Waals surface area contributed by atoms with Crippen molar-refractivity contribution in [2.24, 2.45) is 11.3 Å². The van der Waals surface area contributed by atoms with Crippen LogP contribution in [0.15, 0.2) is 18.2 Å². The maximum Gasteiger partial charge on any atom is 0.164 e. The minimum Gasteiger partial charge on any atom is -0.298 e. The van der Waals surface area contributed by atoms with Gasteiger partial charge in [0, 0.05) is 18.4 Å². The van der Waals surface area contributed by atoms with Crippen LogP contribution < -0.4 is 0 Å². The first kappa shape index (κ1) is 15.9. The van der Waals surface area contributed by atoms with Crippen LogP contribution in [0.25, 0.3) is 0 Å². The van der Waals surface area contributed by atoms with Crippen molar-refractivity contribution in [2.75, 3.05) is 0 Å². The highest BCUT2D eigenvalue weighted by Crippen LogP contribution is 2.42. The number of hydrogen-bond acceptors (Lipinski definition) is 4. The molecule has 22 heavy (non-hydrogen) atoms. The second-order valence-electron chi connectivity index (χ2n) is 5.97. The maximum atomic E-state index is 12.4. The number of aryl methyl sites for hydroxylation is 2. The molecule has 0 spiro atoms. The summed E-state index contributed by atoms with van der Waals surface area (Å²) in [6, 6.07) is 9.45. The first-order chi connectivity index (χ1) is 10.4. The van der Waals surface area contributed by atoms with E-state index in [0.717, 1.165) is 11.1 Å². The Morgan fingerprint density at radius 3 is 2.55 bits per heavy atom. The van der Waals surface area contributed by atoms with Gasteiger partial charge >= 0.3 is 0 Å². The van der Waals surface area contributed by atoms with Crippen LogP contribution in [0.3, 0.4) is 0 Å². The van der Waals surface area contributed by atoms with Gasteiger partial charge in [-0.05, 0) is 43.9 Å². The van der Waals surface area contributed by atoms with Crippen molar-refractivity contribution in [1.29, 1.82) is 10.5 Å². The average Bonchev–Trinajstić information content (AvgIpc) is 2.89. The van der Waals surface area contributed by atoms with Gasteiger partial charge in [0.15, 0.2) is 11.6 Å². The van der Waals surface area contributed by atoms with Crippen LogP contribution in [0.4, 0.5) is 0 Å². The van der Waals surface area contributed by atoms with Crippen LogP contribution in [-0.2, 0) is 4.79 Å². The van der Waals surface area contributed by atoms with E-state index in [1.807, 2.05) is 32.1 Å². The fourth-order valence-electron chi connectivity index (χ4n) is 3.00. The van der Waals surface area contributed by atoms with Crippen LogP contribution in [0.1, 0.15) is 47.2 Å². The first-order valence-corrected chi connectivity index (χ1v) is 7.39. The molecule has 0 radical (unpaired) electrons. The van der Waals surface area contributed by atoms with E-state index in [4.69, 9.17) is 0 Å². The van der Waals surface area contributed by atoms with E-state index < -0.39 is 11.3 Å². The molecule has 0 heterocycles. The Hall–Kier alpha value is -2.46. The highest BCUT2D eigenvalue weighted by molar-refractivity contribution is 5.98. The molecule has 1 aromatic carbocycles. The summed E-state index contributed by atoms with van der Waals surface area (Å²) in [6.07, 6.45) is 1.23. The molecule has 112 valence electrons. The smallest absolute Gasteiger partial charge is 0.164 e. The molecular weight excluding hydrogens is 276 g/mol. The summed E-state index contributed by atoms with van der Waals surface area (Å²) in [6.45, 7) is 3.88. The number of rotatable bonds is 4. The number of hydrogen-bond donors (Lipinski definition) is 0. The van der Waals surface area contributed by atoms with E-state index in [-0.39, 0.29) is 18.0 Å². The van der Waals surface area contributed by atoms with E-state index in [2.05, 4.69) is 0 Å². The van der Waals surface area contributed by atoms with E-state index in [1.165, 1.54) is 0 Å². The molecule has 1 saturated carbocycles. The highest BCUT2D eigenvalue weighted by Gasteiger charge is 2.49. The molecule has 4 nitrogen and oxygen atoms in total. The molecular formula is C18H18N2O2. The lowest BCUT2D eigenvalue weighted by Gasteiger charge is -2.23. The molecule has 2 atom stereocenters. The number of carbonyl (C=O) groups is 2. The summed E-state index contributed by atoms with van der Waals surface area (Å²) < 4.78 is 0. The third kappa shape index (κ3) is 2.65. The largest absolute Gasteiger partial charge is 0.298 e. The number of ketones is 2. The lowest BCUT2D eigenvalue weighted by Crippen LogP contribution is -2.34. The van der Waals surface area contributed by atoms with Crippen LogP contribution >= 0.6 is 0 Å². The first-order valence-electron chi connectivity index (χ1n) is 7.39. The van der Waals surface area contributed by atoms with Crippen molar-refractivity contribution < 1.29 is 9.59 Å². The molecule has 0 bridgehead atoms. The Labute approximate surface area is 130 Å². The summed E-state index contributed by atoms with van der Waals surface area (Å²) in [5.74, 6) is -1.26. The lowest BCUT2D eigenvalue weighted by molar-refractivity contribution is -0.124. The zero-order valence-corrected chi connectivity index (χ0v) is 12.8. The second kappa shape index (κ2) is 6.12. The van der Waals surface area contributed by atoms with Crippen LogP contribution in [0.2, 0.25) is 0 Å². The van der Waals surface area contributed by atoms with Gasteiger partial charge < -0.3 is 0 Å². The Balaban J connectivity index is 2.25. The molecule has 1 aliphatic carbocycles. The molecule has 1 aliphatic rings. The fourth-order valence-corrected chi connectivity index (χ4v) is 3.00. The topological polar surface area (TPSA) is 81.7 Å². The SMILES string of the molecule is Cc1ccc(C(=O)C[C@H](C#N)[C@]2(C#N)CCCC2=O)cc1C. The molecule has 1 aromatic rings.